The predicted octanol–water partition coefficient (Wildman–Crippen LogP) is 4.98. The SMILES string of the molecule is CCOc1ccccc1NC(=O)NCC(c1ccc(N(C)C)cc1)N1CCN(c2ccc(F)cc2)CC1. The molecule has 0 radical (unpaired) electrons. The number of nitrogens with zero attached hydrogens (tertiary/aromatic N) is 3. The van der Waals surface area contributed by atoms with Crippen molar-refractivity contribution in [1.82, 2.24) is 10.2 Å². The van der Waals surface area contributed by atoms with Gasteiger partial charge in [0.2, 0.25) is 0 Å². The minimum Gasteiger partial charge on any atom is -0.492 e. The normalized spacial score (nSPS) is 14.6. The number of urea groups is 1. The number of hydrogen-bond acceptors (Lipinski definition) is 5. The molecule has 2 N–H and O–H groups in total. The molecule has 196 valence electrons. The van der Waals surface area contributed by atoms with Crippen molar-refractivity contribution >= 4 is 23.1 Å². The molecule has 3 aromatic rings. The van der Waals surface area contributed by atoms with Gasteiger partial charge in [-0.15, -0.1) is 0 Å². The number of carbonyl (C=O) groups is 1. The Morgan fingerprint density at radius 3 is 2.30 bits per heavy atom. The first-order chi connectivity index (χ1) is 17.9. The molecule has 0 saturated carbocycles. The maximum Gasteiger partial charge on any atom is 0.319 e. The Morgan fingerprint density at radius 1 is 0.973 bits per heavy atom. The number of para-hydroxylation sites is 2. The number of anilines is 3. The van der Waals surface area contributed by atoms with Crippen LogP contribution in [0.15, 0.2) is 72.8 Å². The standard InChI is InChI=1S/C29H36FN5O2/c1-4-37-28-8-6-5-7-26(28)32-29(36)31-21-27(22-9-13-24(14-10-22)33(2)3)35-19-17-34(18-20-35)25-15-11-23(30)12-16-25/h5-16,27H,4,17-21H2,1-3H3,(H2,31,32,36). The summed E-state index contributed by atoms with van der Waals surface area (Å²) >= 11 is 0. The van der Waals surface area contributed by atoms with E-state index in [1.807, 2.05) is 57.4 Å². The van der Waals surface area contributed by atoms with E-state index in [9.17, 15) is 9.18 Å². The van der Waals surface area contributed by atoms with Crippen molar-refractivity contribution in [2.75, 3.05) is 68.5 Å². The summed E-state index contributed by atoms with van der Waals surface area (Å²) in [6.07, 6.45) is 0. The highest BCUT2D eigenvalue weighted by Gasteiger charge is 2.26. The summed E-state index contributed by atoms with van der Waals surface area (Å²) in [6.45, 7) is 6.20. The smallest absolute Gasteiger partial charge is 0.319 e. The van der Waals surface area contributed by atoms with Crippen LogP contribution in [0.3, 0.4) is 0 Å². The number of carbonyl (C=O) groups excluding carboxylic acids is 1. The second-order valence-corrected chi connectivity index (χ2v) is 9.27. The van der Waals surface area contributed by atoms with Crippen LogP contribution < -0.4 is 25.2 Å². The van der Waals surface area contributed by atoms with Crippen LogP contribution >= 0.6 is 0 Å². The number of rotatable bonds is 9. The largest absolute Gasteiger partial charge is 0.492 e. The summed E-state index contributed by atoms with van der Waals surface area (Å²) in [5, 5.41) is 5.99. The van der Waals surface area contributed by atoms with Gasteiger partial charge >= 0.3 is 6.03 Å². The van der Waals surface area contributed by atoms with Crippen LogP contribution in [0.2, 0.25) is 0 Å². The molecule has 1 aliphatic heterocycles. The predicted molar refractivity (Wildman–Crippen MR) is 148 cm³/mol. The first-order valence-electron chi connectivity index (χ1n) is 12.7. The van der Waals surface area contributed by atoms with Gasteiger partial charge < -0.3 is 25.2 Å². The van der Waals surface area contributed by atoms with Crippen molar-refractivity contribution in [2.45, 2.75) is 13.0 Å². The van der Waals surface area contributed by atoms with Crippen LogP contribution in [0.1, 0.15) is 18.5 Å². The molecule has 1 saturated heterocycles. The van der Waals surface area contributed by atoms with Gasteiger partial charge in [0.05, 0.1) is 18.3 Å². The number of benzene rings is 3. The molecule has 8 heteroatoms. The Balaban J connectivity index is 1.44. The molecular formula is C29H36FN5O2. The quantitative estimate of drug-likeness (QED) is 0.430. The number of halogens is 1. The topological polar surface area (TPSA) is 60.1 Å². The fraction of sp³-hybridized carbons (Fsp3) is 0.345. The molecule has 4 rings (SSSR count). The van der Waals surface area contributed by atoms with Gasteiger partial charge in [0.25, 0.3) is 0 Å². The lowest BCUT2D eigenvalue weighted by atomic mass is 10.0. The Hall–Kier alpha value is -3.78. The molecule has 0 bridgehead atoms. The highest BCUT2D eigenvalue weighted by atomic mass is 19.1. The molecule has 0 aromatic heterocycles. The fourth-order valence-corrected chi connectivity index (χ4v) is 4.60. The van der Waals surface area contributed by atoms with Gasteiger partial charge in [0.1, 0.15) is 11.6 Å². The average Bonchev–Trinajstić information content (AvgIpc) is 2.91. The van der Waals surface area contributed by atoms with Crippen LogP contribution in [0, 0.1) is 5.82 Å². The Bertz CT molecular complexity index is 1150. The molecule has 0 spiro atoms. The molecule has 1 aliphatic rings. The van der Waals surface area contributed by atoms with Crippen molar-refractivity contribution in [3.05, 3.63) is 84.2 Å². The van der Waals surface area contributed by atoms with Crippen LogP contribution in [0.4, 0.5) is 26.2 Å². The average molecular weight is 506 g/mol. The fourth-order valence-electron chi connectivity index (χ4n) is 4.60. The first kappa shape index (κ1) is 26.3. The number of amides is 2. The minimum atomic E-state index is -0.271. The van der Waals surface area contributed by atoms with Gasteiger partial charge in [-0.25, -0.2) is 9.18 Å². The first-order valence-corrected chi connectivity index (χ1v) is 12.7. The molecule has 1 unspecified atom stereocenters. The summed E-state index contributed by atoms with van der Waals surface area (Å²) < 4.78 is 19.0. The Labute approximate surface area is 218 Å². The third-order valence-electron chi connectivity index (χ3n) is 6.63. The third-order valence-corrected chi connectivity index (χ3v) is 6.63. The van der Waals surface area contributed by atoms with E-state index in [-0.39, 0.29) is 17.9 Å². The number of ether oxygens (including phenoxy) is 1. The van der Waals surface area contributed by atoms with E-state index >= 15 is 0 Å². The molecule has 3 aromatic carbocycles. The lowest BCUT2D eigenvalue weighted by Gasteiger charge is -2.40. The summed E-state index contributed by atoms with van der Waals surface area (Å²) in [7, 11) is 4.04. The molecule has 7 nitrogen and oxygen atoms in total. The third kappa shape index (κ3) is 6.92. The zero-order valence-electron chi connectivity index (χ0n) is 21.8. The Kier molecular flexibility index (Phi) is 8.85. The number of piperazine rings is 1. The van der Waals surface area contributed by atoms with Gasteiger partial charge in [-0.1, -0.05) is 24.3 Å². The lowest BCUT2D eigenvalue weighted by Crippen LogP contribution is -2.50. The van der Waals surface area contributed by atoms with Crippen LogP contribution in [-0.2, 0) is 0 Å². The molecule has 1 atom stereocenters. The molecule has 2 amide bonds. The van der Waals surface area contributed by atoms with E-state index in [1.165, 1.54) is 12.1 Å². The van der Waals surface area contributed by atoms with Crippen molar-refractivity contribution in [2.24, 2.45) is 0 Å². The van der Waals surface area contributed by atoms with Gasteiger partial charge in [-0.05, 0) is 61.0 Å². The second-order valence-electron chi connectivity index (χ2n) is 9.27. The zero-order valence-corrected chi connectivity index (χ0v) is 21.8. The zero-order chi connectivity index (χ0) is 26.2. The number of nitrogens with one attached hydrogen (secondary N) is 2. The summed E-state index contributed by atoms with van der Waals surface area (Å²) in [5.74, 6) is 0.421. The van der Waals surface area contributed by atoms with Gasteiger partial charge in [-0.3, -0.25) is 4.90 Å². The summed E-state index contributed by atoms with van der Waals surface area (Å²) in [4.78, 5) is 19.6. The van der Waals surface area contributed by atoms with E-state index in [2.05, 4.69) is 49.6 Å². The van der Waals surface area contributed by atoms with Crippen molar-refractivity contribution < 1.29 is 13.9 Å². The van der Waals surface area contributed by atoms with Gasteiger partial charge in [0, 0.05) is 58.2 Å². The monoisotopic (exact) mass is 505 g/mol. The lowest BCUT2D eigenvalue weighted by molar-refractivity contribution is 0.182. The molecule has 37 heavy (non-hydrogen) atoms. The number of hydrogen-bond donors (Lipinski definition) is 2. The maximum absolute atomic E-state index is 13.4. The van der Waals surface area contributed by atoms with E-state index < -0.39 is 0 Å². The van der Waals surface area contributed by atoms with E-state index in [1.54, 1.807) is 0 Å². The summed E-state index contributed by atoms with van der Waals surface area (Å²) in [6, 6.07) is 22.3. The van der Waals surface area contributed by atoms with Crippen molar-refractivity contribution in [3.8, 4) is 5.75 Å². The van der Waals surface area contributed by atoms with Gasteiger partial charge in [-0.2, -0.15) is 0 Å². The second kappa shape index (κ2) is 12.5. The van der Waals surface area contributed by atoms with Crippen LogP contribution in [-0.4, -0.2) is 64.4 Å². The maximum atomic E-state index is 13.4. The molecular weight excluding hydrogens is 469 g/mol. The van der Waals surface area contributed by atoms with E-state index in [4.69, 9.17) is 4.74 Å². The highest BCUT2D eigenvalue weighted by molar-refractivity contribution is 5.90. The van der Waals surface area contributed by atoms with Crippen LogP contribution in [0.5, 0.6) is 5.75 Å². The summed E-state index contributed by atoms with van der Waals surface area (Å²) in [5.41, 5.74) is 3.94. The minimum absolute atomic E-state index is 0.0134. The van der Waals surface area contributed by atoms with Crippen molar-refractivity contribution in [1.29, 1.82) is 0 Å². The van der Waals surface area contributed by atoms with E-state index in [0.29, 0.717) is 24.6 Å². The van der Waals surface area contributed by atoms with E-state index in [0.717, 1.165) is 43.1 Å². The molecule has 1 heterocycles. The van der Waals surface area contributed by atoms with Gasteiger partial charge in [0.15, 0.2) is 0 Å². The molecule has 0 aliphatic carbocycles. The highest BCUT2D eigenvalue weighted by Crippen LogP contribution is 2.27. The molecule has 1 fully saturated rings. The Morgan fingerprint density at radius 2 is 1.65 bits per heavy atom. The van der Waals surface area contributed by atoms with Crippen molar-refractivity contribution in [3.63, 3.8) is 0 Å². The van der Waals surface area contributed by atoms with Crippen LogP contribution in [0.25, 0.3) is 0 Å².